The number of aromatic amines is 2. The minimum atomic E-state index is -1.83. The lowest BCUT2D eigenvalue weighted by atomic mass is 10.3. The fraction of sp³-hybridized carbons (Fsp3) is 0. The summed E-state index contributed by atoms with van der Waals surface area (Å²) in [7, 11) is 0. The molecule has 12 nitrogen and oxygen atoms in total. The lowest BCUT2D eigenvalue weighted by Gasteiger charge is -1.78. The van der Waals surface area contributed by atoms with E-state index in [0.717, 1.165) is 22.1 Å². The van der Waals surface area contributed by atoms with Crippen LogP contribution in [0.2, 0.25) is 0 Å². The minimum Gasteiger partial charge on any atom is -0.450 e. The lowest BCUT2D eigenvalue weighted by Crippen LogP contribution is -1.81. The van der Waals surface area contributed by atoms with E-state index in [1.807, 2.05) is 48.5 Å². The highest BCUT2D eigenvalue weighted by atomic mass is 16.6. The maximum atomic E-state index is 8.56. The van der Waals surface area contributed by atoms with Gasteiger partial charge < -0.3 is 20.4 Å². The number of H-pyrrole nitrogens is 2. The van der Waals surface area contributed by atoms with Crippen LogP contribution in [0.5, 0.6) is 0 Å². The lowest BCUT2D eigenvalue weighted by molar-refractivity contribution is 0.135. The topological polar surface area (TPSA) is 198 Å². The number of carboxylic acid groups (broad SMARTS) is 4. The van der Waals surface area contributed by atoms with Gasteiger partial charge >= 0.3 is 12.3 Å². The average molecular weight is 362 g/mol. The predicted molar refractivity (Wildman–Crippen MR) is 89.1 cm³/mol. The molecule has 0 fully saturated rings. The number of nitrogens with one attached hydrogen (secondary N) is 2. The second kappa shape index (κ2) is 10.5. The molecule has 26 heavy (non-hydrogen) atoms. The summed E-state index contributed by atoms with van der Waals surface area (Å²) in [5, 5.41) is 48.5. The quantitative estimate of drug-likeness (QED) is 0.270. The van der Waals surface area contributed by atoms with Crippen LogP contribution in [0.4, 0.5) is 9.59 Å². The highest BCUT2D eigenvalue weighted by Gasteiger charge is 1.91. The Balaban J connectivity index is 0.000000188. The largest absolute Gasteiger partial charge is 0.503 e. The van der Waals surface area contributed by atoms with Crippen LogP contribution in [0.3, 0.4) is 0 Å². The monoisotopic (exact) mass is 362 g/mol. The summed E-state index contributed by atoms with van der Waals surface area (Å²) >= 11 is 0. The number of hydrogen-bond acceptors (Lipinski definition) is 6. The Morgan fingerprint density at radius 1 is 0.577 bits per heavy atom. The number of fused-ring (bicyclic) bond motifs is 2. The van der Waals surface area contributed by atoms with Crippen molar-refractivity contribution in [2.45, 2.75) is 0 Å². The number of benzene rings is 2. The van der Waals surface area contributed by atoms with Gasteiger partial charge in [0.2, 0.25) is 0 Å². The Bertz CT molecular complexity index is 807. The van der Waals surface area contributed by atoms with E-state index in [2.05, 4.69) is 30.8 Å². The van der Waals surface area contributed by atoms with Gasteiger partial charge in [-0.25, -0.2) is 9.59 Å². The molecule has 4 aromatic rings. The van der Waals surface area contributed by atoms with Gasteiger partial charge in [-0.2, -0.15) is 30.8 Å². The summed E-state index contributed by atoms with van der Waals surface area (Å²) in [6, 6.07) is 15.4. The standard InChI is InChI=1S/2C6H5N3.2CH2O3/c2*1-2-4-6-5(3-1)7-9-8-6;2*2-1(3)4/h2*1-4H,(H,7,8,9);2*(H2,2,3,4). The van der Waals surface area contributed by atoms with Crippen molar-refractivity contribution in [1.82, 2.24) is 30.8 Å². The first-order valence-electron chi connectivity index (χ1n) is 6.75. The van der Waals surface area contributed by atoms with Crippen molar-refractivity contribution in [3.05, 3.63) is 48.5 Å². The molecule has 6 N–H and O–H groups in total. The molecule has 0 spiro atoms. The van der Waals surface area contributed by atoms with E-state index < -0.39 is 12.3 Å². The number of nitrogens with zero attached hydrogens (tertiary/aromatic N) is 4. The minimum absolute atomic E-state index is 0.914. The molecule has 0 aliphatic rings. The van der Waals surface area contributed by atoms with Gasteiger partial charge in [-0.15, -0.1) is 0 Å². The highest BCUT2D eigenvalue weighted by Crippen LogP contribution is 2.04. The third-order valence-corrected chi connectivity index (χ3v) is 2.45. The number of carbonyl (C=O) groups is 2. The van der Waals surface area contributed by atoms with E-state index in [-0.39, 0.29) is 0 Å². The first-order chi connectivity index (χ1) is 12.4. The molecule has 0 radical (unpaired) electrons. The van der Waals surface area contributed by atoms with Crippen molar-refractivity contribution in [1.29, 1.82) is 0 Å². The Morgan fingerprint density at radius 2 is 0.769 bits per heavy atom. The van der Waals surface area contributed by atoms with Crippen molar-refractivity contribution < 1.29 is 30.0 Å². The summed E-state index contributed by atoms with van der Waals surface area (Å²) < 4.78 is 0. The van der Waals surface area contributed by atoms with Crippen molar-refractivity contribution in [3.63, 3.8) is 0 Å². The van der Waals surface area contributed by atoms with Crippen LogP contribution in [-0.2, 0) is 0 Å². The van der Waals surface area contributed by atoms with E-state index >= 15 is 0 Å². The molecule has 0 aliphatic heterocycles. The zero-order valence-corrected chi connectivity index (χ0v) is 13.0. The van der Waals surface area contributed by atoms with Crippen LogP contribution in [0, 0.1) is 0 Å². The molecule has 2 aromatic carbocycles. The third-order valence-electron chi connectivity index (χ3n) is 2.45. The maximum absolute atomic E-state index is 8.56. The summed E-state index contributed by atoms with van der Waals surface area (Å²) in [4.78, 5) is 17.1. The Hall–Kier alpha value is -4.22. The second-order valence-corrected chi connectivity index (χ2v) is 4.19. The molecule has 12 heteroatoms. The van der Waals surface area contributed by atoms with Gasteiger partial charge in [0.15, 0.2) is 0 Å². The van der Waals surface area contributed by atoms with Crippen LogP contribution in [0.15, 0.2) is 48.5 Å². The molecule has 0 atom stereocenters. The molecule has 4 rings (SSSR count). The normalized spacial score (nSPS) is 8.92. The Morgan fingerprint density at radius 3 is 0.962 bits per heavy atom. The van der Waals surface area contributed by atoms with Crippen LogP contribution in [0.1, 0.15) is 0 Å². The second-order valence-electron chi connectivity index (χ2n) is 4.19. The zero-order chi connectivity index (χ0) is 19.4. The van der Waals surface area contributed by atoms with Gasteiger partial charge in [-0.3, -0.25) is 0 Å². The summed E-state index contributed by atoms with van der Waals surface area (Å²) in [5.74, 6) is 0. The molecule has 136 valence electrons. The summed E-state index contributed by atoms with van der Waals surface area (Å²) in [5.41, 5.74) is 3.66. The SMILES string of the molecule is O=C(O)O.O=C(O)O.c1ccc2n[nH]nc2c1.c1ccc2n[nH]nc2c1. The van der Waals surface area contributed by atoms with Gasteiger partial charge in [0, 0.05) is 0 Å². The first-order valence-corrected chi connectivity index (χ1v) is 6.75. The van der Waals surface area contributed by atoms with Gasteiger partial charge in [-0.1, -0.05) is 24.3 Å². The van der Waals surface area contributed by atoms with E-state index in [1.54, 1.807) is 0 Å². The van der Waals surface area contributed by atoms with Gasteiger partial charge in [-0.05, 0) is 24.3 Å². The average Bonchev–Trinajstić information content (AvgIpc) is 3.23. The molecule has 0 unspecified atom stereocenters. The molecule has 0 saturated carbocycles. The van der Waals surface area contributed by atoms with Crippen molar-refractivity contribution in [2.24, 2.45) is 0 Å². The van der Waals surface area contributed by atoms with Gasteiger partial charge in [0.25, 0.3) is 0 Å². The molecule has 0 amide bonds. The van der Waals surface area contributed by atoms with E-state index in [9.17, 15) is 0 Å². The molecule has 2 aromatic heterocycles. The van der Waals surface area contributed by atoms with E-state index in [4.69, 9.17) is 30.0 Å². The number of aromatic nitrogens is 6. The predicted octanol–water partition coefficient (Wildman–Crippen LogP) is 2.36. The maximum Gasteiger partial charge on any atom is 0.503 e. The highest BCUT2D eigenvalue weighted by molar-refractivity contribution is 5.73. The Kier molecular flexibility index (Phi) is 8.03. The number of para-hydroxylation sites is 4. The summed E-state index contributed by atoms with van der Waals surface area (Å²) in [6.07, 6.45) is -3.67. The molecular weight excluding hydrogens is 348 g/mol. The molecule has 0 aliphatic carbocycles. The summed E-state index contributed by atoms with van der Waals surface area (Å²) in [6.45, 7) is 0. The fourth-order valence-corrected chi connectivity index (χ4v) is 1.57. The van der Waals surface area contributed by atoms with Crippen LogP contribution < -0.4 is 0 Å². The van der Waals surface area contributed by atoms with Crippen LogP contribution in [0.25, 0.3) is 22.1 Å². The zero-order valence-electron chi connectivity index (χ0n) is 13.0. The molecule has 0 bridgehead atoms. The smallest absolute Gasteiger partial charge is 0.450 e. The molecule has 2 heterocycles. The van der Waals surface area contributed by atoms with Crippen LogP contribution in [-0.4, -0.2) is 63.6 Å². The van der Waals surface area contributed by atoms with E-state index in [1.165, 1.54) is 0 Å². The van der Waals surface area contributed by atoms with Crippen molar-refractivity contribution in [2.75, 3.05) is 0 Å². The molecular formula is C14H14N6O6. The molecule has 0 saturated heterocycles. The van der Waals surface area contributed by atoms with Gasteiger partial charge in [0.1, 0.15) is 22.1 Å². The fourth-order valence-electron chi connectivity index (χ4n) is 1.57. The van der Waals surface area contributed by atoms with E-state index in [0.29, 0.717) is 0 Å². The Labute approximate surface area is 144 Å². The number of rotatable bonds is 0. The van der Waals surface area contributed by atoms with Gasteiger partial charge in [0.05, 0.1) is 0 Å². The first kappa shape index (κ1) is 19.8. The van der Waals surface area contributed by atoms with Crippen LogP contribution >= 0.6 is 0 Å². The van der Waals surface area contributed by atoms with Crippen molar-refractivity contribution >= 4 is 34.4 Å². The third kappa shape index (κ3) is 7.87. The van der Waals surface area contributed by atoms with Crippen molar-refractivity contribution in [3.8, 4) is 0 Å². The number of hydrogen-bond donors (Lipinski definition) is 6.